The topological polar surface area (TPSA) is 47.4 Å². The van der Waals surface area contributed by atoms with Crippen molar-refractivity contribution in [3.05, 3.63) is 107 Å². The molecule has 4 rings (SSSR count). The summed E-state index contributed by atoms with van der Waals surface area (Å²) in [5.74, 6) is 0.830. The van der Waals surface area contributed by atoms with Crippen LogP contribution in [0.4, 0.5) is 0 Å². The molecule has 0 radical (unpaired) electrons. The lowest BCUT2D eigenvalue weighted by Crippen LogP contribution is -2.40. The van der Waals surface area contributed by atoms with Crippen molar-refractivity contribution < 1.29 is 4.74 Å². The maximum Gasteiger partial charge on any atom is 0.250 e. The normalized spacial score (nSPS) is 11.5. The number of hydrogen-bond acceptors (Lipinski definition) is 4. The third-order valence-corrected chi connectivity index (χ3v) is 6.44. The highest BCUT2D eigenvalue weighted by Crippen LogP contribution is 2.24. The van der Waals surface area contributed by atoms with Gasteiger partial charge in [0, 0.05) is 44.0 Å². The number of rotatable bonds is 12. The third kappa shape index (κ3) is 8.60. The predicted molar refractivity (Wildman–Crippen MR) is 157 cm³/mol. The summed E-state index contributed by atoms with van der Waals surface area (Å²) in [7, 11) is 1.80. The molecule has 2 heterocycles. The molecule has 0 fully saturated rings. The molecule has 1 atom stereocenters. The average Bonchev–Trinajstić information content (AvgIpc) is 2.89. The summed E-state index contributed by atoms with van der Waals surface area (Å²) in [5, 5.41) is 1.00. The van der Waals surface area contributed by atoms with Gasteiger partial charge >= 0.3 is 0 Å². The number of aryl methyl sites for hydroxylation is 2. The highest BCUT2D eigenvalue weighted by molar-refractivity contribution is 5.85. The lowest BCUT2D eigenvalue weighted by Gasteiger charge is -2.32. The molecule has 198 valence electrons. The molecule has 37 heavy (non-hydrogen) atoms. The molecule has 0 amide bonds. The first-order valence-electron chi connectivity index (χ1n) is 12.6. The highest BCUT2D eigenvalue weighted by atomic mass is 35.5. The largest absolute Gasteiger partial charge is 0.475 e. The molecule has 0 spiro atoms. The van der Waals surface area contributed by atoms with Crippen LogP contribution in [0.3, 0.4) is 0 Å². The number of hydrogen-bond donors (Lipinski definition) is 0. The van der Waals surface area contributed by atoms with Crippen LogP contribution in [0.1, 0.15) is 43.7 Å². The van der Waals surface area contributed by atoms with Gasteiger partial charge < -0.3 is 9.30 Å². The van der Waals surface area contributed by atoms with Crippen LogP contribution in [-0.4, -0.2) is 27.2 Å². The summed E-state index contributed by atoms with van der Waals surface area (Å²) in [4.78, 5) is 18.8. The monoisotopic (exact) mass is 541 g/mol. The predicted octanol–water partition coefficient (Wildman–Crippen LogP) is 6.81. The van der Waals surface area contributed by atoms with Crippen molar-refractivity contribution in [1.82, 2.24) is 14.5 Å². The van der Waals surface area contributed by atoms with Crippen molar-refractivity contribution in [3.8, 4) is 5.75 Å². The number of benzene rings is 2. The fourth-order valence-corrected chi connectivity index (χ4v) is 4.47. The van der Waals surface area contributed by atoms with Crippen LogP contribution in [-0.2, 0) is 20.0 Å². The summed E-state index contributed by atoms with van der Waals surface area (Å²) in [6.07, 6.45) is 8.96. The first-order chi connectivity index (χ1) is 17.1. The van der Waals surface area contributed by atoms with Gasteiger partial charge in [-0.15, -0.1) is 24.8 Å². The quantitative estimate of drug-likeness (QED) is 0.185. The zero-order valence-corrected chi connectivity index (χ0v) is 23.2. The van der Waals surface area contributed by atoms with Crippen molar-refractivity contribution in [2.45, 2.75) is 51.8 Å². The number of fused-ring (bicyclic) bond motifs is 1. The van der Waals surface area contributed by atoms with Crippen LogP contribution in [0.2, 0.25) is 0 Å². The summed E-state index contributed by atoms with van der Waals surface area (Å²) < 4.78 is 8.32. The van der Waals surface area contributed by atoms with Gasteiger partial charge in [-0.3, -0.25) is 14.7 Å². The Hall–Kier alpha value is -2.86. The van der Waals surface area contributed by atoms with E-state index in [2.05, 4.69) is 53.2 Å². The zero-order valence-electron chi connectivity index (χ0n) is 21.6. The van der Waals surface area contributed by atoms with E-state index in [1.807, 2.05) is 42.7 Å². The average molecular weight is 543 g/mol. The summed E-state index contributed by atoms with van der Waals surface area (Å²) in [5.41, 5.74) is 3.45. The van der Waals surface area contributed by atoms with E-state index in [4.69, 9.17) is 4.74 Å². The second-order valence-corrected chi connectivity index (χ2v) is 9.09. The Morgan fingerprint density at radius 1 is 0.946 bits per heavy atom. The standard InChI is InChI=1S/C30H35N3O2.2ClH/c1-3-4-14-30(35-27-16-17-28-26(21-27)15-18-29(34)32(28)2)33(23-25-12-8-19-31-22-25)20-9-13-24-10-6-5-7-11-24;;/h5-8,10-12,15-19,21-22,30H,3-4,9,13-14,20,23H2,1-2H3;2*1H. The summed E-state index contributed by atoms with van der Waals surface area (Å²) in [6.45, 7) is 3.94. The smallest absolute Gasteiger partial charge is 0.250 e. The van der Waals surface area contributed by atoms with Crippen LogP contribution in [0.15, 0.2) is 90.0 Å². The Bertz CT molecular complexity index is 1270. The molecule has 0 saturated heterocycles. The maximum atomic E-state index is 12.0. The molecule has 7 heteroatoms. The van der Waals surface area contributed by atoms with Gasteiger partial charge in [-0.1, -0.05) is 49.7 Å². The van der Waals surface area contributed by atoms with E-state index in [9.17, 15) is 4.79 Å². The molecule has 2 aromatic heterocycles. The second kappa shape index (κ2) is 15.4. The van der Waals surface area contributed by atoms with E-state index in [0.29, 0.717) is 0 Å². The van der Waals surface area contributed by atoms with Crippen LogP contribution >= 0.6 is 24.8 Å². The maximum absolute atomic E-state index is 12.0. The van der Waals surface area contributed by atoms with Gasteiger partial charge in [-0.05, 0) is 67.1 Å². The first-order valence-corrected chi connectivity index (χ1v) is 12.6. The highest BCUT2D eigenvalue weighted by Gasteiger charge is 2.21. The van der Waals surface area contributed by atoms with Gasteiger partial charge in [-0.25, -0.2) is 0 Å². The number of unbranched alkanes of at least 4 members (excludes halogenated alkanes) is 1. The Balaban J connectivity index is 0.00000241. The Morgan fingerprint density at radius 3 is 2.46 bits per heavy atom. The first kappa shape index (κ1) is 30.4. The SMILES string of the molecule is CCCCC(Oc1ccc2c(ccc(=O)n2C)c1)N(CCCc1ccccc1)Cc1cccnc1.Cl.Cl. The van der Waals surface area contributed by atoms with Crippen molar-refractivity contribution in [2.75, 3.05) is 6.54 Å². The molecule has 4 aromatic rings. The van der Waals surface area contributed by atoms with E-state index in [1.165, 1.54) is 11.1 Å². The molecular weight excluding hydrogens is 505 g/mol. The molecule has 0 aliphatic heterocycles. The van der Waals surface area contributed by atoms with Crippen LogP contribution < -0.4 is 10.3 Å². The van der Waals surface area contributed by atoms with Crippen molar-refractivity contribution >= 4 is 35.7 Å². The minimum Gasteiger partial charge on any atom is -0.475 e. The number of ether oxygens (including phenoxy) is 1. The molecule has 0 N–H and O–H groups in total. The van der Waals surface area contributed by atoms with Crippen LogP contribution in [0, 0.1) is 0 Å². The van der Waals surface area contributed by atoms with E-state index >= 15 is 0 Å². The third-order valence-electron chi connectivity index (χ3n) is 6.44. The zero-order chi connectivity index (χ0) is 24.5. The lowest BCUT2D eigenvalue weighted by atomic mass is 10.1. The minimum atomic E-state index is -0.0455. The van der Waals surface area contributed by atoms with Gasteiger partial charge in [0.1, 0.15) is 5.75 Å². The van der Waals surface area contributed by atoms with E-state index in [1.54, 1.807) is 17.7 Å². The number of aromatic nitrogens is 2. The van der Waals surface area contributed by atoms with Gasteiger partial charge in [0.25, 0.3) is 5.56 Å². The number of nitrogens with zero attached hydrogens (tertiary/aromatic N) is 3. The Labute approximate surface area is 232 Å². The fraction of sp³-hybridized carbons (Fsp3) is 0.333. The van der Waals surface area contributed by atoms with E-state index in [0.717, 1.165) is 61.8 Å². The number of pyridine rings is 2. The summed E-state index contributed by atoms with van der Waals surface area (Å²) >= 11 is 0. The molecule has 5 nitrogen and oxygen atoms in total. The van der Waals surface area contributed by atoms with Gasteiger partial charge in [-0.2, -0.15) is 0 Å². The Morgan fingerprint density at radius 2 is 1.73 bits per heavy atom. The van der Waals surface area contributed by atoms with Crippen LogP contribution in [0.5, 0.6) is 5.75 Å². The fourth-order valence-electron chi connectivity index (χ4n) is 4.47. The molecule has 0 saturated carbocycles. The number of halogens is 2. The van der Waals surface area contributed by atoms with Gasteiger partial charge in [0.15, 0.2) is 6.23 Å². The molecule has 0 bridgehead atoms. The van der Waals surface area contributed by atoms with Gasteiger partial charge in [0.05, 0.1) is 5.52 Å². The molecule has 0 aliphatic rings. The van der Waals surface area contributed by atoms with E-state index < -0.39 is 0 Å². The van der Waals surface area contributed by atoms with E-state index in [-0.39, 0.29) is 36.6 Å². The van der Waals surface area contributed by atoms with Crippen molar-refractivity contribution in [3.63, 3.8) is 0 Å². The molecule has 2 aromatic carbocycles. The minimum absolute atomic E-state index is 0. The summed E-state index contributed by atoms with van der Waals surface area (Å²) in [6, 6.07) is 24.3. The van der Waals surface area contributed by atoms with Crippen LogP contribution in [0.25, 0.3) is 10.9 Å². The second-order valence-electron chi connectivity index (χ2n) is 9.09. The van der Waals surface area contributed by atoms with Crippen molar-refractivity contribution in [2.24, 2.45) is 7.05 Å². The molecular formula is C30H37Cl2N3O2. The molecule has 1 unspecified atom stereocenters. The van der Waals surface area contributed by atoms with Gasteiger partial charge in [0.2, 0.25) is 0 Å². The van der Waals surface area contributed by atoms with Crippen molar-refractivity contribution in [1.29, 1.82) is 0 Å². The molecule has 0 aliphatic carbocycles. The Kier molecular flexibility index (Phi) is 12.6. The lowest BCUT2D eigenvalue weighted by molar-refractivity contribution is 0.0102.